The molecule has 5 nitrogen and oxygen atoms in total. The molecule has 1 aliphatic heterocycles. The van der Waals surface area contributed by atoms with Gasteiger partial charge in [-0.3, -0.25) is 4.79 Å². The first-order valence-corrected chi connectivity index (χ1v) is 9.24. The minimum Gasteiger partial charge on any atom is -0.481 e. The summed E-state index contributed by atoms with van der Waals surface area (Å²) in [5.74, 6) is -1.24. The molecule has 1 saturated heterocycles. The Morgan fingerprint density at radius 2 is 1.85 bits per heavy atom. The van der Waals surface area contributed by atoms with Gasteiger partial charge in [-0.2, -0.15) is 0 Å². The molecule has 0 atom stereocenters. The van der Waals surface area contributed by atoms with E-state index in [0.717, 1.165) is 31.2 Å². The van der Waals surface area contributed by atoms with Crippen LogP contribution < -0.4 is 5.32 Å². The second kappa shape index (κ2) is 8.34. The zero-order valence-electron chi connectivity index (χ0n) is 14.8. The summed E-state index contributed by atoms with van der Waals surface area (Å²) in [5.41, 5.74) is 2.08. The van der Waals surface area contributed by atoms with E-state index in [1.54, 1.807) is 6.07 Å². The van der Waals surface area contributed by atoms with E-state index < -0.39 is 5.97 Å². The Morgan fingerprint density at radius 3 is 2.46 bits per heavy atom. The number of carbonyl (C=O) groups is 2. The van der Waals surface area contributed by atoms with Crippen LogP contribution in [-0.2, 0) is 4.79 Å². The van der Waals surface area contributed by atoms with Crippen LogP contribution in [0.4, 0.5) is 9.18 Å². The van der Waals surface area contributed by atoms with Gasteiger partial charge < -0.3 is 15.3 Å². The SMILES string of the molecule is O=C(O)C1CCC(NC(=O)N2CCC(=Cc3cccc(F)c3)CC2)CC1. The largest absolute Gasteiger partial charge is 0.481 e. The first-order valence-electron chi connectivity index (χ1n) is 9.24. The molecule has 3 rings (SSSR count). The van der Waals surface area contributed by atoms with E-state index in [1.165, 1.54) is 17.7 Å². The van der Waals surface area contributed by atoms with Gasteiger partial charge in [-0.15, -0.1) is 0 Å². The van der Waals surface area contributed by atoms with Crippen LogP contribution in [0.15, 0.2) is 29.8 Å². The molecule has 6 heteroatoms. The molecule has 2 N–H and O–H groups in total. The fourth-order valence-electron chi connectivity index (χ4n) is 3.72. The van der Waals surface area contributed by atoms with E-state index >= 15 is 0 Å². The summed E-state index contributed by atoms with van der Waals surface area (Å²) in [6, 6.07) is 6.53. The van der Waals surface area contributed by atoms with E-state index in [1.807, 2.05) is 17.0 Å². The Hall–Kier alpha value is -2.37. The second-order valence-electron chi connectivity index (χ2n) is 7.18. The molecular weight excluding hydrogens is 335 g/mol. The maximum Gasteiger partial charge on any atom is 0.317 e. The monoisotopic (exact) mass is 360 g/mol. The van der Waals surface area contributed by atoms with E-state index in [-0.39, 0.29) is 23.8 Å². The van der Waals surface area contributed by atoms with Crippen LogP contribution in [0.1, 0.15) is 44.1 Å². The second-order valence-corrected chi connectivity index (χ2v) is 7.18. The molecule has 0 unspecified atom stereocenters. The van der Waals surface area contributed by atoms with Crippen molar-refractivity contribution in [2.45, 2.75) is 44.6 Å². The molecular formula is C20H25FN2O3. The van der Waals surface area contributed by atoms with Gasteiger partial charge in [0.05, 0.1) is 5.92 Å². The molecule has 1 saturated carbocycles. The van der Waals surface area contributed by atoms with Crippen molar-refractivity contribution in [1.82, 2.24) is 10.2 Å². The van der Waals surface area contributed by atoms with Gasteiger partial charge in [-0.1, -0.05) is 23.8 Å². The van der Waals surface area contributed by atoms with Gasteiger partial charge in [-0.25, -0.2) is 9.18 Å². The number of aliphatic carboxylic acids is 1. The highest BCUT2D eigenvalue weighted by atomic mass is 19.1. The van der Waals surface area contributed by atoms with E-state index in [0.29, 0.717) is 25.9 Å². The summed E-state index contributed by atoms with van der Waals surface area (Å²) in [5, 5.41) is 12.1. The highest BCUT2D eigenvalue weighted by Gasteiger charge is 2.28. The normalized spacial score (nSPS) is 23.4. The van der Waals surface area contributed by atoms with Gasteiger partial charge in [-0.05, 0) is 56.2 Å². The zero-order chi connectivity index (χ0) is 18.5. The van der Waals surface area contributed by atoms with Crippen molar-refractivity contribution in [2.75, 3.05) is 13.1 Å². The van der Waals surface area contributed by atoms with Gasteiger partial charge in [0.15, 0.2) is 0 Å². The lowest BCUT2D eigenvalue weighted by Crippen LogP contribution is -2.48. The van der Waals surface area contributed by atoms with E-state index in [9.17, 15) is 14.0 Å². The van der Waals surface area contributed by atoms with Gasteiger partial charge in [0, 0.05) is 19.1 Å². The van der Waals surface area contributed by atoms with Crippen molar-refractivity contribution in [3.63, 3.8) is 0 Å². The van der Waals surface area contributed by atoms with Crippen LogP contribution in [0.3, 0.4) is 0 Å². The number of hydrogen-bond donors (Lipinski definition) is 2. The fraction of sp³-hybridized carbons (Fsp3) is 0.500. The lowest BCUT2D eigenvalue weighted by Gasteiger charge is -2.32. The van der Waals surface area contributed by atoms with Crippen LogP contribution in [-0.4, -0.2) is 41.1 Å². The molecule has 0 spiro atoms. The molecule has 2 fully saturated rings. The third-order valence-corrected chi connectivity index (χ3v) is 5.32. The molecule has 2 aliphatic rings. The molecule has 26 heavy (non-hydrogen) atoms. The number of carbonyl (C=O) groups excluding carboxylic acids is 1. The van der Waals surface area contributed by atoms with Crippen LogP contribution in [0.25, 0.3) is 6.08 Å². The molecule has 0 aromatic heterocycles. The summed E-state index contributed by atoms with van der Waals surface area (Å²) >= 11 is 0. The highest BCUT2D eigenvalue weighted by molar-refractivity contribution is 5.75. The first-order chi connectivity index (χ1) is 12.5. The Labute approximate surface area is 152 Å². The predicted molar refractivity (Wildman–Crippen MR) is 97.1 cm³/mol. The van der Waals surface area contributed by atoms with Crippen molar-refractivity contribution < 1.29 is 19.1 Å². The number of rotatable bonds is 3. The van der Waals surface area contributed by atoms with Gasteiger partial charge in [0.1, 0.15) is 5.82 Å². The highest BCUT2D eigenvalue weighted by Crippen LogP contribution is 2.25. The number of halogens is 1. The Kier molecular flexibility index (Phi) is 5.91. The molecule has 1 heterocycles. The minimum absolute atomic E-state index is 0.0615. The van der Waals surface area contributed by atoms with Gasteiger partial charge in [0.2, 0.25) is 0 Å². The molecule has 1 aromatic carbocycles. The number of benzene rings is 1. The van der Waals surface area contributed by atoms with Crippen LogP contribution in [0.5, 0.6) is 0 Å². The Morgan fingerprint density at radius 1 is 1.15 bits per heavy atom. The molecule has 0 bridgehead atoms. The Balaban J connectivity index is 1.46. The summed E-state index contributed by atoms with van der Waals surface area (Å²) in [6.45, 7) is 1.30. The van der Waals surface area contributed by atoms with Crippen LogP contribution in [0.2, 0.25) is 0 Å². The summed E-state index contributed by atoms with van der Waals surface area (Å²) in [6.07, 6.45) is 6.28. The van der Waals surface area contributed by atoms with Crippen molar-refractivity contribution in [1.29, 1.82) is 0 Å². The number of likely N-dealkylation sites (tertiary alicyclic amines) is 1. The zero-order valence-corrected chi connectivity index (χ0v) is 14.8. The van der Waals surface area contributed by atoms with Crippen molar-refractivity contribution in [3.05, 3.63) is 41.2 Å². The van der Waals surface area contributed by atoms with Gasteiger partial charge >= 0.3 is 12.0 Å². The number of urea groups is 1. The molecule has 1 aliphatic carbocycles. The van der Waals surface area contributed by atoms with Crippen LogP contribution >= 0.6 is 0 Å². The lowest BCUT2D eigenvalue weighted by molar-refractivity contribution is -0.142. The van der Waals surface area contributed by atoms with Crippen LogP contribution in [0, 0.1) is 11.7 Å². The topological polar surface area (TPSA) is 69.6 Å². The van der Waals surface area contributed by atoms with E-state index in [2.05, 4.69) is 5.32 Å². The first kappa shape index (κ1) is 18.4. The number of piperidine rings is 1. The summed E-state index contributed by atoms with van der Waals surface area (Å²) in [4.78, 5) is 25.2. The average Bonchev–Trinajstić information content (AvgIpc) is 2.63. The Bertz CT molecular complexity index is 686. The molecule has 0 radical (unpaired) electrons. The van der Waals surface area contributed by atoms with Gasteiger partial charge in [0.25, 0.3) is 0 Å². The maximum absolute atomic E-state index is 13.3. The summed E-state index contributed by atoms with van der Waals surface area (Å²) in [7, 11) is 0. The standard InChI is InChI=1S/C20H25FN2O3/c21-17-3-1-2-15(13-17)12-14-8-10-23(11-9-14)20(26)22-18-6-4-16(5-7-18)19(24)25/h1-3,12-13,16,18H,4-11H2,(H,22,26)(H,24,25). The third-order valence-electron chi connectivity index (χ3n) is 5.32. The number of amides is 2. The van der Waals surface area contributed by atoms with Crippen molar-refractivity contribution >= 4 is 18.1 Å². The molecule has 140 valence electrons. The quantitative estimate of drug-likeness (QED) is 0.864. The van der Waals surface area contributed by atoms with Crippen molar-refractivity contribution in [3.8, 4) is 0 Å². The number of carboxylic acid groups (broad SMARTS) is 1. The number of carboxylic acids is 1. The number of hydrogen-bond acceptors (Lipinski definition) is 2. The third kappa shape index (κ3) is 4.84. The predicted octanol–water partition coefficient (Wildman–Crippen LogP) is 3.66. The smallest absolute Gasteiger partial charge is 0.317 e. The fourth-order valence-corrected chi connectivity index (χ4v) is 3.72. The number of nitrogens with one attached hydrogen (secondary N) is 1. The maximum atomic E-state index is 13.3. The van der Waals surface area contributed by atoms with Crippen molar-refractivity contribution in [2.24, 2.45) is 5.92 Å². The number of nitrogens with zero attached hydrogens (tertiary/aromatic N) is 1. The average molecular weight is 360 g/mol. The minimum atomic E-state index is -0.733. The molecule has 2 amide bonds. The van der Waals surface area contributed by atoms with E-state index in [4.69, 9.17) is 5.11 Å². The summed E-state index contributed by atoms with van der Waals surface area (Å²) < 4.78 is 13.3. The lowest BCUT2D eigenvalue weighted by atomic mass is 9.86. The molecule has 1 aromatic rings.